The summed E-state index contributed by atoms with van der Waals surface area (Å²) >= 11 is 0. The van der Waals surface area contributed by atoms with E-state index in [2.05, 4.69) is 15.5 Å². The molecule has 1 aromatic carbocycles. The number of benzene rings is 1. The average molecular weight is 397 g/mol. The van der Waals surface area contributed by atoms with Gasteiger partial charge in [-0.15, -0.1) is 5.10 Å². The van der Waals surface area contributed by atoms with E-state index in [-0.39, 0.29) is 11.3 Å². The van der Waals surface area contributed by atoms with Crippen LogP contribution in [0.25, 0.3) is 5.69 Å². The molecule has 0 radical (unpaired) electrons. The highest BCUT2D eigenvalue weighted by molar-refractivity contribution is 6.05. The lowest BCUT2D eigenvalue weighted by Crippen LogP contribution is -2.27. The molecule has 1 aliphatic rings. The Morgan fingerprint density at radius 3 is 2.31 bits per heavy atom. The molecule has 0 unspecified atom stereocenters. The Balaban J connectivity index is 2.23. The molecule has 10 nitrogen and oxygen atoms in total. The zero-order valence-corrected chi connectivity index (χ0v) is 16.3. The van der Waals surface area contributed by atoms with Crippen LogP contribution in [0.2, 0.25) is 0 Å². The lowest BCUT2D eigenvalue weighted by atomic mass is 10.1. The van der Waals surface area contributed by atoms with Crippen molar-refractivity contribution >= 4 is 17.6 Å². The van der Waals surface area contributed by atoms with Crippen molar-refractivity contribution in [3.8, 4) is 11.4 Å². The van der Waals surface area contributed by atoms with Crippen LogP contribution in [0.3, 0.4) is 0 Å². The predicted molar refractivity (Wildman–Crippen MR) is 102 cm³/mol. The molecule has 0 aliphatic carbocycles. The molecule has 150 valence electrons. The molecule has 0 fully saturated rings. The van der Waals surface area contributed by atoms with E-state index in [4.69, 9.17) is 14.2 Å². The highest BCUT2D eigenvalue weighted by Crippen LogP contribution is 2.31. The minimum atomic E-state index is -0.704. The smallest absolute Gasteiger partial charge is 0.355 e. The Morgan fingerprint density at radius 1 is 0.966 bits per heavy atom. The van der Waals surface area contributed by atoms with Crippen LogP contribution < -0.4 is 9.64 Å². The number of anilines is 1. The van der Waals surface area contributed by atoms with Crippen LogP contribution in [0.5, 0.6) is 5.75 Å². The second kappa shape index (κ2) is 8.38. The second-order valence-corrected chi connectivity index (χ2v) is 5.84. The third-order valence-electron chi connectivity index (χ3n) is 4.15. The molecule has 1 aliphatic heterocycles. The van der Waals surface area contributed by atoms with Gasteiger partial charge in [-0.3, -0.25) is 0 Å². The topological polar surface area (TPSA) is 109 Å². The molecule has 0 atom stereocenters. The van der Waals surface area contributed by atoms with Crippen LogP contribution >= 0.6 is 0 Å². The fraction of sp³-hybridized carbons (Fsp3) is 0.211. The third-order valence-corrected chi connectivity index (χ3v) is 4.15. The van der Waals surface area contributed by atoms with Gasteiger partial charge in [-0.25, -0.2) is 9.59 Å². The predicted octanol–water partition coefficient (Wildman–Crippen LogP) is 1.47. The Morgan fingerprint density at radius 2 is 1.69 bits per heavy atom. The summed E-state index contributed by atoms with van der Waals surface area (Å²) in [5.41, 5.74) is 1.18. The van der Waals surface area contributed by atoms with Gasteiger partial charge in [-0.2, -0.15) is 4.68 Å². The number of allylic oxidation sites excluding steroid dienone is 2. The summed E-state index contributed by atoms with van der Waals surface area (Å²) in [7, 11) is 4.00. The van der Waals surface area contributed by atoms with Gasteiger partial charge in [0, 0.05) is 18.3 Å². The molecule has 0 bridgehead atoms. The number of aryl methyl sites for hydroxylation is 1. The van der Waals surface area contributed by atoms with Crippen molar-refractivity contribution < 1.29 is 23.8 Å². The number of rotatable bonds is 5. The van der Waals surface area contributed by atoms with Crippen molar-refractivity contribution in [1.82, 2.24) is 20.2 Å². The summed E-state index contributed by atoms with van der Waals surface area (Å²) in [5.74, 6) is -0.308. The first-order valence-electron chi connectivity index (χ1n) is 8.49. The first-order chi connectivity index (χ1) is 14.0. The molecule has 0 N–H and O–H groups in total. The molecule has 10 heteroatoms. The molecule has 0 spiro atoms. The minimum Gasteiger partial charge on any atom is -0.497 e. The van der Waals surface area contributed by atoms with Crippen LogP contribution in [-0.4, -0.2) is 53.5 Å². The summed E-state index contributed by atoms with van der Waals surface area (Å²) < 4.78 is 16.7. The Bertz CT molecular complexity index is 1040. The summed E-state index contributed by atoms with van der Waals surface area (Å²) in [4.78, 5) is 26.4. The monoisotopic (exact) mass is 397 g/mol. The van der Waals surface area contributed by atoms with Crippen LogP contribution in [0.1, 0.15) is 5.82 Å². The van der Waals surface area contributed by atoms with Crippen molar-refractivity contribution in [2.45, 2.75) is 6.92 Å². The van der Waals surface area contributed by atoms with Crippen LogP contribution in [-0.2, 0) is 19.1 Å². The third kappa shape index (κ3) is 3.86. The summed E-state index contributed by atoms with van der Waals surface area (Å²) in [6.45, 7) is 1.75. The Kier molecular flexibility index (Phi) is 5.72. The van der Waals surface area contributed by atoms with Crippen molar-refractivity contribution in [1.29, 1.82) is 0 Å². The second-order valence-electron chi connectivity index (χ2n) is 5.84. The molecular formula is C19H19N5O5. The minimum absolute atomic E-state index is 0.00279. The number of hydrogen-bond donors (Lipinski definition) is 0. The van der Waals surface area contributed by atoms with E-state index < -0.39 is 11.9 Å². The van der Waals surface area contributed by atoms with E-state index in [1.54, 1.807) is 43.5 Å². The molecule has 3 rings (SSSR count). The number of hydrogen-bond acceptors (Lipinski definition) is 9. The van der Waals surface area contributed by atoms with Crippen molar-refractivity contribution in [2.24, 2.45) is 0 Å². The molecule has 2 heterocycles. The highest BCUT2D eigenvalue weighted by atomic mass is 16.5. The zero-order valence-electron chi connectivity index (χ0n) is 16.3. The maximum absolute atomic E-state index is 12.6. The molecule has 0 saturated heterocycles. The number of nitrogens with zero attached hydrogens (tertiary/aromatic N) is 5. The molecule has 0 saturated carbocycles. The summed E-state index contributed by atoms with van der Waals surface area (Å²) in [6, 6.07) is 5.20. The van der Waals surface area contributed by atoms with Gasteiger partial charge in [0.15, 0.2) is 5.82 Å². The number of carbonyl (C=O) groups is 2. The Labute approximate surface area is 166 Å². The van der Waals surface area contributed by atoms with Crippen molar-refractivity contribution in [3.63, 3.8) is 0 Å². The maximum atomic E-state index is 12.6. The van der Waals surface area contributed by atoms with Gasteiger partial charge >= 0.3 is 11.9 Å². The van der Waals surface area contributed by atoms with Gasteiger partial charge in [0.05, 0.1) is 38.3 Å². The molecular weight excluding hydrogens is 378 g/mol. The van der Waals surface area contributed by atoms with Crippen LogP contribution in [0, 0.1) is 6.92 Å². The van der Waals surface area contributed by atoms with Crippen LogP contribution in [0.4, 0.5) is 5.69 Å². The van der Waals surface area contributed by atoms with Crippen molar-refractivity contribution in [2.75, 3.05) is 26.2 Å². The lowest BCUT2D eigenvalue weighted by Gasteiger charge is -2.24. The van der Waals surface area contributed by atoms with E-state index in [9.17, 15) is 9.59 Å². The highest BCUT2D eigenvalue weighted by Gasteiger charge is 2.28. The van der Waals surface area contributed by atoms with E-state index in [1.165, 1.54) is 37.0 Å². The molecule has 0 amide bonds. The van der Waals surface area contributed by atoms with Crippen LogP contribution in [0.15, 0.2) is 53.9 Å². The number of methoxy groups -OCH3 is 3. The fourth-order valence-corrected chi connectivity index (χ4v) is 2.78. The van der Waals surface area contributed by atoms with Gasteiger partial charge < -0.3 is 19.1 Å². The van der Waals surface area contributed by atoms with E-state index in [1.807, 2.05) is 0 Å². The number of aromatic nitrogens is 4. The van der Waals surface area contributed by atoms with Gasteiger partial charge in [0.2, 0.25) is 0 Å². The fourth-order valence-electron chi connectivity index (χ4n) is 2.78. The first kappa shape index (κ1) is 19.8. The Hall–Kier alpha value is -3.95. The number of carbonyl (C=O) groups excluding carboxylic acids is 2. The number of esters is 2. The molecule has 1 aromatic heterocycles. The van der Waals surface area contributed by atoms with Crippen molar-refractivity contribution in [3.05, 3.63) is 59.7 Å². The largest absolute Gasteiger partial charge is 0.497 e. The van der Waals surface area contributed by atoms with E-state index >= 15 is 0 Å². The number of ether oxygens (including phenoxy) is 3. The van der Waals surface area contributed by atoms with Gasteiger partial charge in [-0.05, 0) is 35.6 Å². The SMILES string of the molecule is COC(=O)C1=C(C(=O)OC)N(c2cc(OC)cc(-n3nnnc3C)c2)C=CC=C1. The number of tetrazole rings is 1. The lowest BCUT2D eigenvalue weighted by molar-refractivity contribution is -0.139. The van der Waals surface area contributed by atoms with Gasteiger partial charge in [0.1, 0.15) is 11.4 Å². The zero-order chi connectivity index (χ0) is 21.0. The maximum Gasteiger partial charge on any atom is 0.355 e. The van der Waals surface area contributed by atoms with E-state index in [0.29, 0.717) is 22.9 Å². The quantitative estimate of drug-likeness (QED) is 0.693. The molecule has 2 aromatic rings. The summed E-state index contributed by atoms with van der Waals surface area (Å²) in [6.07, 6.45) is 6.42. The van der Waals surface area contributed by atoms with E-state index in [0.717, 1.165) is 0 Å². The van der Waals surface area contributed by atoms with Gasteiger partial charge in [-0.1, -0.05) is 6.08 Å². The average Bonchev–Trinajstić information content (AvgIpc) is 3.05. The van der Waals surface area contributed by atoms with Gasteiger partial charge in [0.25, 0.3) is 0 Å². The molecule has 29 heavy (non-hydrogen) atoms. The normalized spacial score (nSPS) is 13.3. The standard InChI is InChI=1S/C19H19N5O5/c1-12-20-21-22-24(12)14-9-13(10-15(11-14)27-2)23-8-6-5-7-16(18(25)28-3)17(23)19(26)29-4/h5-11H,1-4H3. The summed E-state index contributed by atoms with van der Waals surface area (Å²) in [5, 5.41) is 11.5. The first-order valence-corrected chi connectivity index (χ1v) is 8.49.